The lowest BCUT2D eigenvalue weighted by molar-refractivity contribution is 0.0997. The van der Waals surface area contributed by atoms with Crippen molar-refractivity contribution in [3.05, 3.63) is 47.4 Å². The molecule has 1 fully saturated rings. The molecular formula is C15H15ClN2O2. The van der Waals surface area contributed by atoms with Gasteiger partial charge in [-0.3, -0.25) is 4.79 Å². The molecule has 1 aromatic heterocycles. The second-order valence-electron chi connectivity index (χ2n) is 4.80. The van der Waals surface area contributed by atoms with Crippen molar-refractivity contribution in [3.63, 3.8) is 0 Å². The maximum atomic E-state index is 11.9. The first-order chi connectivity index (χ1) is 9.72. The number of nitrogens with zero attached hydrogens (tertiary/aromatic N) is 1. The van der Waals surface area contributed by atoms with E-state index in [1.165, 1.54) is 18.5 Å². The largest absolute Gasteiger partial charge is 0.440 e. The summed E-state index contributed by atoms with van der Waals surface area (Å²) >= 11 is 5.65. The number of furan rings is 1. The van der Waals surface area contributed by atoms with E-state index in [2.05, 4.69) is 10.2 Å². The van der Waals surface area contributed by atoms with E-state index < -0.39 is 0 Å². The average Bonchev–Trinajstić information content (AvgIpc) is 3.10. The van der Waals surface area contributed by atoms with Gasteiger partial charge in [-0.05, 0) is 60.8 Å². The number of hydrogen-bond donors (Lipinski definition) is 1. The fourth-order valence-electron chi connectivity index (χ4n) is 2.36. The summed E-state index contributed by atoms with van der Waals surface area (Å²) in [7, 11) is 0. The van der Waals surface area contributed by atoms with E-state index in [1.54, 1.807) is 12.1 Å². The number of benzene rings is 1. The van der Waals surface area contributed by atoms with Gasteiger partial charge in [0.25, 0.3) is 5.91 Å². The fraction of sp³-hybridized carbons (Fsp3) is 0.267. The quantitative estimate of drug-likeness (QED) is 0.935. The third kappa shape index (κ3) is 2.80. The number of anilines is 2. The highest BCUT2D eigenvalue weighted by Crippen LogP contribution is 2.22. The highest BCUT2D eigenvalue weighted by molar-refractivity contribution is 6.29. The first-order valence-electron chi connectivity index (χ1n) is 6.64. The Bertz CT molecular complexity index is 601. The zero-order valence-electron chi connectivity index (χ0n) is 10.9. The number of amides is 1. The number of nitrogens with one attached hydrogen (secondary N) is 1. The van der Waals surface area contributed by atoms with Crippen LogP contribution in [-0.4, -0.2) is 19.0 Å². The minimum Gasteiger partial charge on any atom is -0.440 e. The summed E-state index contributed by atoms with van der Waals surface area (Å²) in [6, 6.07) is 10.9. The molecule has 5 heteroatoms. The molecule has 0 saturated carbocycles. The standard InChI is InChI=1S/C15H15ClN2O2/c16-14-8-7-13(20-14)15(19)17-11-3-5-12(6-4-11)18-9-1-2-10-18/h3-8H,1-2,9-10H2,(H,17,19). The molecule has 0 bridgehead atoms. The molecule has 1 saturated heterocycles. The van der Waals surface area contributed by atoms with Gasteiger partial charge in [-0.15, -0.1) is 0 Å². The van der Waals surface area contributed by atoms with Crippen LogP contribution in [0.15, 0.2) is 40.8 Å². The van der Waals surface area contributed by atoms with Gasteiger partial charge in [-0.1, -0.05) is 0 Å². The topological polar surface area (TPSA) is 45.5 Å². The van der Waals surface area contributed by atoms with E-state index in [0.717, 1.165) is 18.8 Å². The third-order valence-electron chi connectivity index (χ3n) is 3.39. The van der Waals surface area contributed by atoms with E-state index in [1.807, 2.05) is 24.3 Å². The second kappa shape index (κ2) is 5.59. The Morgan fingerprint density at radius 3 is 2.40 bits per heavy atom. The van der Waals surface area contributed by atoms with Gasteiger partial charge in [0.05, 0.1) is 0 Å². The molecule has 3 rings (SSSR count). The van der Waals surface area contributed by atoms with Crippen molar-refractivity contribution in [2.24, 2.45) is 0 Å². The predicted octanol–water partition coefficient (Wildman–Crippen LogP) is 3.79. The van der Waals surface area contributed by atoms with E-state index >= 15 is 0 Å². The molecule has 2 heterocycles. The number of carbonyl (C=O) groups is 1. The van der Waals surface area contributed by atoms with E-state index in [4.69, 9.17) is 16.0 Å². The van der Waals surface area contributed by atoms with Crippen molar-refractivity contribution in [2.75, 3.05) is 23.3 Å². The first kappa shape index (κ1) is 13.1. The van der Waals surface area contributed by atoms with Gasteiger partial charge in [-0.2, -0.15) is 0 Å². The molecule has 4 nitrogen and oxygen atoms in total. The minimum atomic E-state index is -0.300. The van der Waals surface area contributed by atoms with Crippen LogP contribution < -0.4 is 10.2 Å². The van der Waals surface area contributed by atoms with E-state index in [9.17, 15) is 4.79 Å². The Morgan fingerprint density at radius 2 is 1.80 bits per heavy atom. The summed E-state index contributed by atoms with van der Waals surface area (Å²) in [5, 5.41) is 2.99. The summed E-state index contributed by atoms with van der Waals surface area (Å²) in [4.78, 5) is 14.2. The zero-order valence-corrected chi connectivity index (χ0v) is 11.7. The van der Waals surface area contributed by atoms with E-state index in [-0.39, 0.29) is 16.9 Å². The monoisotopic (exact) mass is 290 g/mol. The van der Waals surface area contributed by atoms with Crippen LogP contribution in [-0.2, 0) is 0 Å². The fourth-order valence-corrected chi connectivity index (χ4v) is 2.51. The molecule has 2 aromatic rings. The number of halogens is 1. The molecule has 0 atom stereocenters. The number of hydrogen-bond acceptors (Lipinski definition) is 3. The third-order valence-corrected chi connectivity index (χ3v) is 3.60. The van der Waals surface area contributed by atoms with Crippen LogP contribution in [0, 0.1) is 0 Å². The second-order valence-corrected chi connectivity index (χ2v) is 5.17. The van der Waals surface area contributed by atoms with Crippen molar-refractivity contribution < 1.29 is 9.21 Å². The molecule has 20 heavy (non-hydrogen) atoms. The Labute approximate surface area is 122 Å². The van der Waals surface area contributed by atoms with Crippen molar-refractivity contribution in [1.29, 1.82) is 0 Å². The van der Waals surface area contributed by atoms with Crippen molar-refractivity contribution in [1.82, 2.24) is 0 Å². The van der Waals surface area contributed by atoms with Crippen LogP contribution >= 0.6 is 11.6 Å². The maximum Gasteiger partial charge on any atom is 0.291 e. The minimum absolute atomic E-state index is 0.207. The highest BCUT2D eigenvalue weighted by atomic mass is 35.5. The normalized spacial score (nSPS) is 14.6. The predicted molar refractivity (Wildman–Crippen MR) is 79.6 cm³/mol. The lowest BCUT2D eigenvalue weighted by atomic mass is 10.2. The lowest BCUT2D eigenvalue weighted by Crippen LogP contribution is -2.17. The SMILES string of the molecule is O=C(Nc1ccc(N2CCCC2)cc1)c1ccc(Cl)o1. The van der Waals surface area contributed by atoms with Crippen molar-refractivity contribution in [2.45, 2.75) is 12.8 Å². The van der Waals surface area contributed by atoms with Crippen LogP contribution in [0.1, 0.15) is 23.4 Å². The summed E-state index contributed by atoms with van der Waals surface area (Å²) in [5.74, 6) is -0.0931. The molecule has 1 amide bonds. The van der Waals surface area contributed by atoms with Crippen LogP contribution in [0.5, 0.6) is 0 Å². The molecule has 1 N–H and O–H groups in total. The molecule has 0 unspecified atom stereocenters. The van der Waals surface area contributed by atoms with Gasteiger partial charge in [0.15, 0.2) is 11.0 Å². The molecule has 0 spiro atoms. The van der Waals surface area contributed by atoms with Crippen LogP contribution in [0.2, 0.25) is 5.22 Å². The lowest BCUT2D eigenvalue weighted by Gasteiger charge is -2.17. The summed E-state index contributed by atoms with van der Waals surface area (Å²) in [6.45, 7) is 2.22. The molecule has 1 aromatic carbocycles. The van der Waals surface area contributed by atoms with Gasteiger partial charge in [0.2, 0.25) is 0 Å². The van der Waals surface area contributed by atoms with Crippen molar-refractivity contribution in [3.8, 4) is 0 Å². The van der Waals surface area contributed by atoms with Crippen LogP contribution in [0.25, 0.3) is 0 Å². The Morgan fingerprint density at radius 1 is 1.10 bits per heavy atom. The molecule has 1 aliphatic rings. The van der Waals surface area contributed by atoms with Gasteiger partial charge in [0, 0.05) is 24.5 Å². The van der Waals surface area contributed by atoms with Crippen LogP contribution in [0.4, 0.5) is 11.4 Å². The van der Waals surface area contributed by atoms with Crippen molar-refractivity contribution >= 4 is 28.9 Å². The number of rotatable bonds is 3. The Hall–Kier alpha value is -1.94. The summed E-state index contributed by atoms with van der Waals surface area (Å²) in [6.07, 6.45) is 2.50. The van der Waals surface area contributed by atoms with Gasteiger partial charge < -0.3 is 14.6 Å². The van der Waals surface area contributed by atoms with Gasteiger partial charge in [0.1, 0.15) is 0 Å². The highest BCUT2D eigenvalue weighted by Gasteiger charge is 2.13. The average molecular weight is 291 g/mol. The summed E-state index contributed by atoms with van der Waals surface area (Å²) < 4.78 is 5.07. The summed E-state index contributed by atoms with van der Waals surface area (Å²) in [5.41, 5.74) is 1.94. The molecular weight excluding hydrogens is 276 g/mol. The molecule has 1 aliphatic heterocycles. The molecule has 104 valence electrons. The number of carbonyl (C=O) groups excluding carboxylic acids is 1. The Kier molecular flexibility index (Phi) is 3.65. The van der Waals surface area contributed by atoms with Gasteiger partial charge >= 0.3 is 0 Å². The first-order valence-corrected chi connectivity index (χ1v) is 7.02. The molecule has 0 aliphatic carbocycles. The van der Waals surface area contributed by atoms with Crippen LogP contribution in [0.3, 0.4) is 0 Å². The zero-order chi connectivity index (χ0) is 13.9. The van der Waals surface area contributed by atoms with Gasteiger partial charge in [-0.25, -0.2) is 0 Å². The smallest absolute Gasteiger partial charge is 0.291 e. The Balaban J connectivity index is 1.67. The molecule has 0 radical (unpaired) electrons. The van der Waals surface area contributed by atoms with E-state index in [0.29, 0.717) is 0 Å². The maximum absolute atomic E-state index is 11.9.